The fourth-order valence-electron chi connectivity index (χ4n) is 2.10. The van der Waals surface area contributed by atoms with Gasteiger partial charge in [-0.15, -0.1) is 0 Å². The molecule has 4 nitrogen and oxygen atoms in total. The Kier molecular flexibility index (Phi) is 1.53. The molecule has 80 valence electrons. The summed E-state index contributed by atoms with van der Waals surface area (Å²) in [5.74, 6) is 0. The third-order valence-corrected chi connectivity index (χ3v) is 2.91. The summed E-state index contributed by atoms with van der Waals surface area (Å²) in [6, 6.07) is 6.04. The minimum atomic E-state index is 0.623. The SMILES string of the molecule is c1cc2cc3oc4ncncc4c3cc2cn1. The van der Waals surface area contributed by atoms with Crippen molar-refractivity contribution in [3.63, 3.8) is 0 Å². The number of hydrogen-bond donors (Lipinski definition) is 0. The van der Waals surface area contributed by atoms with Gasteiger partial charge in [0.15, 0.2) is 0 Å². The van der Waals surface area contributed by atoms with Gasteiger partial charge in [0.05, 0.1) is 5.39 Å². The molecule has 0 unspecified atom stereocenters. The molecule has 0 aliphatic rings. The van der Waals surface area contributed by atoms with E-state index in [-0.39, 0.29) is 0 Å². The minimum Gasteiger partial charge on any atom is -0.438 e. The van der Waals surface area contributed by atoms with Crippen molar-refractivity contribution >= 4 is 32.8 Å². The Labute approximate surface area is 95.9 Å². The lowest BCUT2D eigenvalue weighted by molar-refractivity contribution is 0.653. The van der Waals surface area contributed by atoms with Gasteiger partial charge in [-0.25, -0.2) is 9.97 Å². The van der Waals surface area contributed by atoms with Gasteiger partial charge in [0.2, 0.25) is 5.71 Å². The first-order valence-corrected chi connectivity index (χ1v) is 5.28. The lowest BCUT2D eigenvalue weighted by atomic mass is 10.1. The molecule has 0 N–H and O–H groups in total. The molecule has 4 heteroatoms. The summed E-state index contributed by atoms with van der Waals surface area (Å²) in [5.41, 5.74) is 1.46. The van der Waals surface area contributed by atoms with Crippen LogP contribution >= 0.6 is 0 Å². The molecule has 0 aliphatic heterocycles. The largest absolute Gasteiger partial charge is 0.438 e. The second-order valence-electron chi connectivity index (χ2n) is 3.91. The van der Waals surface area contributed by atoms with E-state index >= 15 is 0 Å². The zero-order valence-electron chi connectivity index (χ0n) is 8.79. The van der Waals surface area contributed by atoms with E-state index in [1.807, 2.05) is 18.3 Å². The Hall–Kier alpha value is -2.49. The van der Waals surface area contributed by atoms with Crippen LogP contribution in [0.5, 0.6) is 0 Å². The zero-order chi connectivity index (χ0) is 11.2. The van der Waals surface area contributed by atoms with Crippen molar-refractivity contribution in [3.05, 3.63) is 43.1 Å². The third kappa shape index (κ3) is 1.15. The van der Waals surface area contributed by atoms with Crippen LogP contribution < -0.4 is 0 Å². The van der Waals surface area contributed by atoms with Gasteiger partial charge < -0.3 is 4.42 Å². The lowest BCUT2D eigenvalue weighted by Gasteiger charge is -1.95. The summed E-state index contributed by atoms with van der Waals surface area (Å²) in [4.78, 5) is 12.3. The number of benzene rings is 1. The minimum absolute atomic E-state index is 0.623. The molecular weight excluding hydrogens is 214 g/mol. The van der Waals surface area contributed by atoms with Gasteiger partial charge in [0.25, 0.3) is 0 Å². The first kappa shape index (κ1) is 8.64. The molecule has 0 amide bonds. The van der Waals surface area contributed by atoms with Crippen LogP contribution in [-0.4, -0.2) is 15.0 Å². The summed E-state index contributed by atoms with van der Waals surface area (Å²) in [6.07, 6.45) is 6.89. The first-order valence-electron chi connectivity index (χ1n) is 5.28. The molecule has 0 radical (unpaired) electrons. The molecule has 0 atom stereocenters. The van der Waals surface area contributed by atoms with Crippen LogP contribution in [-0.2, 0) is 0 Å². The fraction of sp³-hybridized carbons (Fsp3) is 0. The Balaban J connectivity index is 2.28. The molecule has 3 heterocycles. The van der Waals surface area contributed by atoms with Crippen molar-refractivity contribution in [2.75, 3.05) is 0 Å². The molecule has 3 aromatic heterocycles. The molecule has 0 saturated heterocycles. The summed E-state index contributed by atoms with van der Waals surface area (Å²) in [6.45, 7) is 0. The highest BCUT2D eigenvalue weighted by Crippen LogP contribution is 2.29. The third-order valence-electron chi connectivity index (χ3n) is 2.91. The molecule has 4 rings (SSSR count). The van der Waals surface area contributed by atoms with Gasteiger partial charge in [-0.1, -0.05) is 0 Å². The van der Waals surface area contributed by atoms with Crippen LogP contribution in [0.2, 0.25) is 0 Å². The second kappa shape index (κ2) is 3.01. The number of fused-ring (bicyclic) bond motifs is 4. The summed E-state index contributed by atoms with van der Waals surface area (Å²) >= 11 is 0. The van der Waals surface area contributed by atoms with E-state index in [2.05, 4.69) is 21.0 Å². The maximum atomic E-state index is 5.69. The Morgan fingerprint density at radius 3 is 2.94 bits per heavy atom. The Bertz CT molecular complexity index is 845. The lowest BCUT2D eigenvalue weighted by Crippen LogP contribution is -1.76. The van der Waals surface area contributed by atoms with E-state index in [1.54, 1.807) is 12.4 Å². The molecule has 4 aromatic rings. The molecule has 0 fully saturated rings. The van der Waals surface area contributed by atoms with Crippen molar-refractivity contribution in [1.29, 1.82) is 0 Å². The van der Waals surface area contributed by atoms with E-state index in [1.165, 1.54) is 6.33 Å². The van der Waals surface area contributed by atoms with Crippen molar-refractivity contribution in [1.82, 2.24) is 15.0 Å². The number of hydrogen-bond acceptors (Lipinski definition) is 4. The van der Waals surface area contributed by atoms with E-state index < -0.39 is 0 Å². The monoisotopic (exact) mass is 221 g/mol. The Morgan fingerprint density at radius 1 is 0.941 bits per heavy atom. The molecule has 17 heavy (non-hydrogen) atoms. The van der Waals surface area contributed by atoms with Crippen molar-refractivity contribution < 1.29 is 4.42 Å². The highest BCUT2D eigenvalue weighted by molar-refractivity contribution is 6.08. The number of aromatic nitrogens is 3. The summed E-state index contributed by atoms with van der Waals surface area (Å²) < 4.78 is 5.69. The normalized spacial score (nSPS) is 11.5. The average Bonchev–Trinajstić information content (AvgIpc) is 2.73. The zero-order valence-corrected chi connectivity index (χ0v) is 8.79. The number of furan rings is 1. The number of nitrogens with zero attached hydrogens (tertiary/aromatic N) is 3. The van der Waals surface area contributed by atoms with Gasteiger partial charge in [0.1, 0.15) is 11.9 Å². The molecule has 1 aromatic carbocycles. The van der Waals surface area contributed by atoms with Gasteiger partial charge in [0, 0.05) is 29.4 Å². The maximum absolute atomic E-state index is 5.69. The molecular formula is C13H7N3O. The summed E-state index contributed by atoms with van der Waals surface area (Å²) in [5, 5.41) is 4.17. The Morgan fingerprint density at radius 2 is 1.94 bits per heavy atom. The van der Waals surface area contributed by atoms with Crippen molar-refractivity contribution in [2.45, 2.75) is 0 Å². The van der Waals surface area contributed by atoms with E-state index in [9.17, 15) is 0 Å². The van der Waals surface area contributed by atoms with Gasteiger partial charge >= 0.3 is 0 Å². The van der Waals surface area contributed by atoms with Gasteiger partial charge in [-0.3, -0.25) is 4.98 Å². The van der Waals surface area contributed by atoms with Crippen molar-refractivity contribution in [3.8, 4) is 0 Å². The van der Waals surface area contributed by atoms with Crippen LogP contribution in [0.25, 0.3) is 32.8 Å². The predicted molar refractivity (Wildman–Crippen MR) is 64.6 cm³/mol. The molecule has 0 spiro atoms. The van der Waals surface area contributed by atoms with E-state index in [0.29, 0.717) is 5.71 Å². The summed E-state index contributed by atoms with van der Waals surface area (Å²) in [7, 11) is 0. The highest BCUT2D eigenvalue weighted by Gasteiger charge is 2.08. The van der Waals surface area contributed by atoms with Crippen LogP contribution in [0.3, 0.4) is 0 Å². The maximum Gasteiger partial charge on any atom is 0.230 e. The van der Waals surface area contributed by atoms with Crippen LogP contribution in [0.15, 0.2) is 47.5 Å². The van der Waals surface area contributed by atoms with E-state index in [0.717, 1.165) is 27.1 Å². The second-order valence-corrected chi connectivity index (χ2v) is 3.91. The van der Waals surface area contributed by atoms with Crippen LogP contribution in [0.4, 0.5) is 0 Å². The van der Waals surface area contributed by atoms with E-state index in [4.69, 9.17) is 4.42 Å². The quantitative estimate of drug-likeness (QED) is 0.458. The van der Waals surface area contributed by atoms with Gasteiger partial charge in [-0.2, -0.15) is 0 Å². The first-order chi connectivity index (χ1) is 8.42. The average molecular weight is 221 g/mol. The highest BCUT2D eigenvalue weighted by atomic mass is 16.3. The predicted octanol–water partition coefficient (Wildman–Crippen LogP) is 2.92. The smallest absolute Gasteiger partial charge is 0.230 e. The molecule has 0 bridgehead atoms. The molecule has 0 saturated carbocycles. The van der Waals surface area contributed by atoms with Crippen LogP contribution in [0.1, 0.15) is 0 Å². The fourth-order valence-corrected chi connectivity index (χ4v) is 2.10. The topological polar surface area (TPSA) is 51.8 Å². The van der Waals surface area contributed by atoms with Crippen molar-refractivity contribution in [2.24, 2.45) is 0 Å². The number of rotatable bonds is 0. The van der Waals surface area contributed by atoms with Crippen LogP contribution in [0, 0.1) is 0 Å². The van der Waals surface area contributed by atoms with Gasteiger partial charge in [-0.05, 0) is 23.6 Å². The molecule has 0 aliphatic carbocycles. The number of pyridine rings is 1. The standard InChI is InChI=1S/C13H7N3O/c1-2-14-5-9-3-10-11-6-15-7-16-13(11)17-12(10)4-8(1)9/h1-7H.